The summed E-state index contributed by atoms with van der Waals surface area (Å²) in [6, 6.07) is 0. The molecule has 1 heterocycles. The van der Waals surface area contributed by atoms with Gasteiger partial charge in [0.2, 0.25) is 5.91 Å². The second-order valence-electron chi connectivity index (χ2n) is 2.61. The topological polar surface area (TPSA) is 57.6 Å². The Kier molecular flexibility index (Phi) is 1.83. The van der Waals surface area contributed by atoms with Crippen molar-refractivity contribution in [3.8, 4) is 0 Å². The van der Waals surface area contributed by atoms with Gasteiger partial charge in [0.1, 0.15) is 4.75 Å². The Morgan fingerprint density at radius 3 is 2.64 bits per heavy atom. The van der Waals surface area contributed by atoms with Gasteiger partial charge >= 0.3 is 6.09 Å². The van der Waals surface area contributed by atoms with Crippen LogP contribution in [0.25, 0.3) is 0 Å². The average Bonchev–Trinajstić information content (AvgIpc) is 1.98. The summed E-state index contributed by atoms with van der Waals surface area (Å²) in [5, 5.41) is 8.43. The molecule has 4 nitrogen and oxygen atoms in total. The molecule has 2 amide bonds. The van der Waals surface area contributed by atoms with Crippen LogP contribution in [0.3, 0.4) is 0 Å². The van der Waals surface area contributed by atoms with E-state index < -0.39 is 10.8 Å². The van der Waals surface area contributed by atoms with Gasteiger partial charge in [-0.2, -0.15) is 0 Å². The monoisotopic (exact) mass is 175 g/mol. The maximum Gasteiger partial charge on any atom is 0.414 e. The molecule has 0 aromatic heterocycles. The van der Waals surface area contributed by atoms with Gasteiger partial charge in [0.15, 0.2) is 0 Å². The van der Waals surface area contributed by atoms with Crippen LogP contribution in [0, 0.1) is 0 Å². The lowest BCUT2D eigenvalue weighted by Crippen LogP contribution is -2.64. The van der Waals surface area contributed by atoms with E-state index in [9.17, 15) is 9.59 Å². The van der Waals surface area contributed by atoms with Crippen molar-refractivity contribution < 1.29 is 14.7 Å². The number of imide groups is 1. The van der Waals surface area contributed by atoms with Crippen LogP contribution in [0.5, 0.6) is 0 Å². The Morgan fingerprint density at radius 2 is 2.36 bits per heavy atom. The van der Waals surface area contributed by atoms with E-state index >= 15 is 0 Å². The summed E-state index contributed by atoms with van der Waals surface area (Å²) >= 11 is 1.39. The van der Waals surface area contributed by atoms with E-state index in [1.807, 2.05) is 0 Å². The molecule has 1 unspecified atom stereocenters. The number of β-lactam (4-membered cyclic amide) rings is 1. The van der Waals surface area contributed by atoms with Crippen LogP contribution in [0.2, 0.25) is 0 Å². The number of carboxylic acid groups (broad SMARTS) is 1. The third-order valence-electron chi connectivity index (χ3n) is 1.84. The molecule has 1 aliphatic rings. The van der Waals surface area contributed by atoms with Crippen molar-refractivity contribution in [1.29, 1.82) is 0 Å². The number of thioether (sulfide) groups is 1. The van der Waals surface area contributed by atoms with Crippen LogP contribution in [-0.4, -0.2) is 39.6 Å². The quantitative estimate of drug-likeness (QED) is 0.594. The first-order chi connectivity index (χ1) is 5.01. The summed E-state index contributed by atoms with van der Waals surface area (Å²) in [6.07, 6.45) is 0.651. The maximum absolute atomic E-state index is 11.1. The lowest BCUT2D eigenvalue weighted by Gasteiger charge is -2.42. The highest BCUT2D eigenvalue weighted by Gasteiger charge is 2.50. The van der Waals surface area contributed by atoms with Gasteiger partial charge in [-0.15, -0.1) is 11.8 Å². The largest absolute Gasteiger partial charge is 0.465 e. The van der Waals surface area contributed by atoms with Gasteiger partial charge in [0, 0.05) is 0 Å². The summed E-state index contributed by atoms with van der Waals surface area (Å²) in [5.74, 6) is -0.308. The summed E-state index contributed by atoms with van der Waals surface area (Å²) in [5.41, 5.74) is 0. The minimum atomic E-state index is -1.15. The Hall–Kier alpha value is -0.710. The molecule has 0 aromatic carbocycles. The number of rotatable bonds is 1. The van der Waals surface area contributed by atoms with Crippen molar-refractivity contribution in [3.63, 3.8) is 0 Å². The second kappa shape index (κ2) is 2.41. The maximum atomic E-state index is 11.1. The second-order valence-corrected chi connectivity index (χ2v) is 3.92. The minimum Gasteiger partial charge on any atom is -0.465 e. The van der Waals surface area contributed by atoms with E-state index in [1.165, 1.54) is 11.8 Å². The number of carbonyl (C=O) groups excluding carboxylic acids is 1. The molecule has 0 saturated carbocycles. The first-order valence-electron chi connectivity index (χ1n) is 3.11. The van der Waals surface area contributed by atoms with Crippen molar-refractivity contribution >= 4 is 23.8 Å². The molecule has 0 spiro atoms. The van der Waals surface area contributed by atoms with Crippen LogP contribution in [0.4, 0.5) is 4.79 Å². The van der Waals surface area contributed by atoms with E-state index in [-0.39, 0.29) is 5.91 Å². The molecule has 1 N–H and O–H groups in total. The first kappa shape index (κ1) is 8.39. The summed E-state index contributed by atoms with van der Waals surface area (Å²) < 4.78 is -0.502. The Labute approximate surface area is 68.6 Å². The zero-order valence-electron chi connectivity index (χ0n) is 6.33. The van der Waals surface area contributed by atoms with Crippen molar-refractivity contribution in [2.45, 2.75) is 11.7 Å². The van der Waals surface area contributed by atoms with E-state index in [2.05, 4.69) is 0 Å². The molecule has 1 rings (SSSR count). The average molecular weight is 175 g/mol. The van der Waals surface area contributed by atoms with Gasteiger partial charge in [0.05, 0.1) is 6.54 Å². The van der Waals surface area contributed by atoms with Crippen molar-refractivity contribution in [2.75, 3.05) is 12.8 Å². The van der Waals surface area contributed by atoms with Gasteiger partial charge in [0.25, 0.3) is 0 Å². The van der Waals surface area contributed by atoms with Crippen LogP contribution < -0.4 is 0 Å². The smallest absolute Gasteiger partial charge is 0.414 e. The Morgan fingerprint density at radius 1 is 1.82 bits per heavy atom. The third-order valence-corrected chi connectivity index (χ3v) is 3.04. The van der Waals surface area contributed by atoms with Crippen molar-refractivity contribution in [3.05, 3.63) is 0 Å². The SMILES string of the molecule is CSC1(C)CN(C(=O)O)C1=O. The molecule has 1 saturated heterocycles. The highest BCUT2D eigenvalue weighted by atomic mass is 32.2. The molecule has 0 aromatic rings. The normalized spacial score (nSPS) is 30.0. The number of nitrogens with zero attached hydrogens (tertiary/aromatic N) is 1. The molecule has 11 heavy (non-hydrogen) atoms. The van der Waals surface area contributed by atoms with Gasteiger partial charge in [-0.25, -0.2) is 9.69 Å². The number of amides is 2. The van der Waals surface area contributed by atoms with Crippen LogP contribution in [0.15, 0.2) is 0 Å². The van der Waals surface area contributed by atoms with Gasteiger partial charge in [-0.3, -0.25) is 4.79 Å². The predicted octanol–water partition coefficient (Wildman–Crippen LogP) is 0.628. The van der Waals surface area contributed by atoms with E-state index in [4.69, 9.17) is 5.11 Å². The third kappa shape index (κ3) is 1.09. The van der Waals surface area contributed by atoms with Gasteiger partial charge in [-0.05, 0) is 13.2 Å². The summed E-state index contributed by atoms with van der Waals surface area (Å²) in [7, 11) is 0. The molecule has 62 valence electrons. The van der Waals surface area contributed by atoms with Crippen molar-refractivity contribution in [2.24, 2.45) is 0 Å². The van der Waals surface area contributed by atoms with E-state index in [0.29, 0.717) is 6.54 Å². The lowest BCUT2D eigenvalue weighted by atomic mass is 10.0. The zero-order valence-corrected chi connectivity index (χ0v) is 7.14. The fourth-order valence-corrected chi connectivity index (χ4v) is 1.48. The fraction of sp³-hybridized carbons (Fsp3) is 0.667. The molecule has 0 bridgehead atoms. The predicted molar refractivity (Wildman–Crippen MR) is 41.7 cm³/mol. The first-order valence-corrected chi connectivity index (χ1v) is 4.34. The van der Waals surface area contributed by atoms with Gasteiger partial charge in [-0.1, -0.05) is 0 Å². The highest BCUT2D eigenvalue weighted by Crippen LogP contribution is 2.34. The molecule has 0 radical (unpaired) electrons. The summed E-state index contributed by atoms with van der Waals surface area (Å²) in [6.45, 7) is 2.06. The van der Waals surface area contributed by atoms with Crippen LogP contribution in [0.1, 0.15) is 6.92 Å². The number of hydrogen-bond donors (Lipinski definition) is 1. The summed E-state index contributed by atoms with van der Waals surface area (Å²) in [4.78, 5) is 22.2. The zero-order chi connectivity index (χ0) is 8.65. The Bertz CT molecular complexity index is 218. The van der Waals surface area contributed by atoms with E-state index in [1.54, 1.807) is 13.2 Å². The molecule has 1 aliphatic heterocycles. The number of likely N-dealkylation sites (tertiary alicyclic amines) is 1. The molecular weight excluding hydrogens is 166 g/mol. The number of carbonyl (C=O) groups is 2. The minimum absolute atomic E-state index is 0.308. The molecule has 0 aliphatic carbocycles. The van der Waals surface area contributed by atoms with Crippen LogP contribution in [-0.2, 0) is 4.79 Å². The van der Waals surface area contributed by atoms with Crippen molar-refractivity contribution in [1.82, 2.24) is 4.90 Å². The standard InChI is InChI=1S/C6H9NO3S/c1-6(11-2)3-7(4(6)8)5(9)10/h3H2,1-2H3,(H,9,10). The van der Waals surface area contributed by atoms with Crippen LogP contribution >= 0.6 is 11.8 Å². The number of hydrogen-bond acceptors (Lipinski definition) is 3. The highest BCUT2D eigenvalue weighted by molar-refractivity contribution is 8.00. The molecule has 1 fully saturated rings. The Balaban J connectivity index is 2.64. The van der Waals surface area contributed by atoms with E-state index in [0.717, 1.165) is 4.90 Å². The van der Waals surface area contributed by atoms with Gasteiger partial charge < -0.3 is 5.11 Å². The molecule has 1 atom stereocenters. The fourth-order valence-electron chi connectivity index (χ4n) is 0.942. The molecular formula is C6H9NO3S. The molecule has 5 heteroatoms. The lowest BCUT2D eigenvalue weighted by molar-refractivity contribution is -0.140.